The van der Waals surface area contributed by atoms with Gasteiger partial charge in [-0.2, -0.15) is 5.10 Å². The molecular formula is C18H25N3OS. The molecule has 1 aliphatic rings. The van der Waals surface area contributed by atoms with E-state index in [1.54, 1.807) is 11.3 Å². The first-order valence-electron chi connectivity index (χ1n) is 8.22. The van der Waals surface area contributed by atoms with Crippen molar-refractivity contribution in [1.82, 2.24) is 14.7 Å². The van der Waals surface area contributed by atoms with Crippen molar-refractivity contribution in [3.8, 4) is 0 Å². The van der Waals surface area contributed by atoms with Crippen molar-refractivity contribution in [3.05, 3.63) is 39.3 Å². The van der Waals surface area contributed by atoms with Gasteiger partial charge in [0.25, 0.3) is 5.91 Å². The number of nitrogens with zero attached hydrogens (tertiary/aromatic N) is 3. The first-order valence-corrected chi connectivity index (χ1v) is 9.10. The maximum Gasteiger partial charge on any atom is 0.274 e. The van der Waals surface area contributed by atoms with E-state index in [2.05, 4.69) is 51.2 Å². The summed E-state index contributed by atoms with van der Waals surface area (Å²) in [5.41, 5.74) is 2.85. The van der Waals surface area contributed by atoms with Gasteiger partial charge in [0.2, 0.25) is 0 Å². The normalized spacial score (nSPS) is 15.1. The van der Waals surface area contributed by atoms with E-state index in [1.165, 1.54) is 10.4 Å². The molecule has 0 radical (unpaired) electrons. The van der Waals surface area contributed by atoms with Crippen LogP contribution in [0.15, 0.2) is 17.5 Å². The Morgan fingerprint density at radius 2 is 2.09 bits per heavy atom. The molecule has 0 N–H and O–H groups in total. The average Bonchev–Trinajstić information content (AvgIpc) is 3.11. The van der Waals surface area contributed by atoms with Crippen molar-refractivity contribution in [2.75, 3.05) is 6.54 Å². The van der Waals surface area contributed by atoms with Crippen molar-refractivity contribution in [2.45, 2.75) is 59.0 Å². The fraction of sp³-hybridized carbons (Fsp3) is 0.556. The molecule has 1 amide bonds. The molecule has 0 atom stereocenters. The average molecular weight is 331 g/mol. The molecule has 23 heavy (non-hydrogen) atoms. The fourth-order valence-corrected chi connectivity index (χ4v) is 3.92. The van der Waals surface area contributed by atoms with E-state index in [-0.39, 0.29) is 11.4 Å². The molecule has 0 saturated carbocycles. The Hall–Kier alpha value is -1.62. The number of rotatable bonds is 2. The molecule has 124 valence electrons. The molecule has 3 heterocycles. The van der Waals surface area contributed by atoms with Gasteiger partial charge in [-0.25, -0.2) is 0 Å². The largest absolute Gasteiger partial charge is 0.333 e. The highest BCUT2D eigenvalue weighted by molar-refractivity contribution is 7.10. The highest BCUT2D eigenvalue weighted by atomic mass is 32.1. The molecule has 2 aromatic rings. The van der Waals surface area contributed by atoms with Gasteiger partial charge in [0.1, 0.15) is 0 Å². The number of aromatic nitrogens is 2. The van der Waals surface area contributed by atoms with Crippen LogP contribution in [0.4, 0.5) is 0 Å². The first-order chi connectivity index (χ1) is 10.8. The minimum absolute atomic E-state index is 0.0479. The van der Waals surface area contributed by atoms with E-state index in [4.69, 9.17) is 0 Å². The third-order valence-electron chi connectivity index (χ3n) is 4.28. The van der Waals surface area contributed by atoms with Gasteiger partial charge in [-0.05, 0) is 56.2 Å². The Labute approximate surface area is 142 Å². The topological polar surface area (TPSA) is 38.1 Å². The van der Waals surface area contributed by atoms with Crippen molar-refractivity contribution < 1.29 is 4.79 Å². The van der Waals surface area contributed by atoms with Crippen LogP contribution in [0.3, 0.4) is 0 Å². The van der Waals surface area contributed by atoms with Gasteiger partial charge in [0.15, 0.2) is 5.69 Å². The minimum Gasteiger partial charge on any atom is -0.333 e. The quantitative estimate of drug-likeness (QED) is 0.833. The van der Waals surface area contributed by atoms with Crippen molar-refractivity contribution in [2.24, 2.45) is 0 Å². The zero-order chi connectivity index (χ0) is 16.8. The lowest BCUT2D eigenvalue weighted by molar-refractivity contribution is 0.0728. The monoisotopic (exact) mass is 331 g/mol. The molecule has 0 aromatic carbocycles. The van der Waals surface area contributed by atoms with Gasteiger partial charge in [0, 0.05) is 23.7 Å². The van der Waals surface area contributed by atoms with E-state index in [1.807, 2.05) is 15.6 Å². The number of hydrogen-bond donors (Lipinski definition) is 0. The van der Waals surface area contributed by atoms with E-state index in [9.17, 15) is 4.79 Å². The number of hydrogen-bond acceptors (Lipinski definition) is 3. The summed E-state index contributed by atoms with van der Waals surface area (Å²) in [5.74, 6) is 0.389. The molecule has 2 aromatic heterocycles. The molecular weight excluding hydrogens is 306 g/mol. The number of carbonyl (C=O) groups excluding carboxylic acids is 1. The summed E-state index contributed by atoms with van der Waals surface area (Å²) >= 11 is 1.79. The summed E-state index contributed by atoms with van der Waals surface area (Å²) in [6.07, 6.45) is 0.954. The third-order valence-corrected chi connectivity index (χ3v) is 5.30. The van der Waals surface area contributed by atoms with Crippen LogP contribution in [0.2, 0.25) is 0 Å². The highest BCUT2D eigenvalue weighted by Gasteiger charge is 2.28. The van der Waals surface area contributed by atoms with Crippen LogP contribution in [-0.2, 0) is 18.5 Å². The van der Waals surface area contributed by atoms with Crippen molar-refractivity contribution >= 4 is 17.2 Å². The van der Waals surface area contributed by atoms with Crippen LogP contribution in [-0.4, -0.2) is 27.1 Å². The first kappa shape index (κ1) is 16.2. The van der Waals surface area contributed by atoms with Crippen LogP contribution >= 0.6 is 11.3 Å². The minimum atomic E-state index is -0.124. The van der Waals surface area contributed by atoms with E-state index >= 15 is 0 Å². The lowest BCUT2D eigenvalue weighted by atomic mass is 10.1. The second-order valence-corrected chi connectivity index (χ2v) is 8.54. The Kier molecular flexibility index (Phi) is 4.08. The maximum absolute atomic E-state index is 12.9. The molecule has 0 aliphatic carbocycles. The molecule has 0 saturated heterocycles. The van der Waals surface area contributed by atoms with E-state index in [0.717, 1.165) is 18.7 Å². The maximum atomic E-state index is 12.9. The van der Waals surface area contributed by atoms with Crippen LogP contribution in [0.25, 0.3) is 0 Å². The Morgan fingerprint density at radius 1 is 1.35 bits per heavy atom. The Morgan fingerprint density at radius 3 is 2.70 bits per heavy atom. The standard InChI is InChI=1S/C18H25N3OS/c1-12(2)15-10-14(19-21(15)18(3,4)5)17(22)20-8-6-16-13(11-20)7-9-23-16/h7,9-10,12H,6,8,11H2,1-5H3. The number of fused-ring (bicyclic) bond motifs is 1. The summed E-state index contributed by atoms with van der Waals surface area (Å²) in [6, 6.07) is 4.11. The fourth-order valence-electron chi connectivity index (χ4n) is 3.03. The zero-order valence-corrected chi connectivity index (χ0v) is 15.4. The van der Waals surface area contributed by atoms with Gasteiger partial charge < -0.3 is 4.90 Å². The van der Waals surface area contributed by atoms with E-state index in [0.29, 0.717) is 18.2 Å². The van der Waals surface area contributed by atoms with Crippen molar-refractivity contribution in [3.63, 3.8) is 0 Å². The summed E-state index contributed by atoms with van der Waals surface area (Å²) in [4.78, 5) is 16.2. The molecule has 0 unspecified atom stereocenters. The third kappa shape index (κ3) is 3.07. The smallest absolute Gasteiger partial charge is 0.274 e. The molecule has 0 spiro atoms. The van der Waals surface area contributed by atoms with Gasteiger partial charge in [0.05, 0.1) is 5.54 Å². The Balaban J connectivity index is 1.89. The predicted octanol–water partition coefficient (Wildman–Crippen LogP) is 4.02. The summed E-state index contributed by atoms with van der Waals surface area (Å²) in [6.45, 7) is 12.1. The van der Waals surface area contributed by atoms with Crippen LogP contribution in [0.1, 0.15) is 67.2 Å². The number of amides is 1. The van der Waals surface area contributed by atoms with Crippen LogP contribution < -0.4 is 0 Å². The number of thiophene rings is 1. The van der Waals surface area contributed by atoms with E-state index < -0.39 is 0 Å². The highest BCUT2D eigenvalue weighted by Crippen LogP contribution is 2.27. The Bertz CT molecular complexity index is 721. The lowest BCUT2D eigenvalue weighted by Gasteiger charge is -2.26. The summed E-state index contributed by atoms with van der Waals surface area (Å²) < 4.78 is 2.00. The van der Waals surface area contributed by atoms with Crippen molar-refractivity contribution in [1.29, 1.82) is 0 Å². The summed E-state index contributed by atoms with van der Waals surface area (Å²) in [7, 11) is 0. The second-order valence-electron chi connectivity index (χ2n) is 7.54. The van der Waals surface area contributed by atoms with Gasteiger partial charge in [-0.1, -0.05) is 13.8 Å². The molecule has 1 aliphatic heterocycles. The molecule has 0 fully saturated rings. The lowest BCUT2D eigenvalue weighted by Crippen LogP contribution is -2.36. The molecule has 3 rings (SSSR count). The molecule has 0 bridgehead atoms. The van der Waals surface area contributed by atoms with Crippen LogP contribution in [0, 0.1) is 0 Å². The predicted molar refractivity (Wildman–Crippen MR) is 94.1 cm³/mol. The molecule has 4 nitrogen and oxygen atoms in total. The van der Waals surface area contributed by atoms with Gasteiger partial charge >= 0.3 is 0 Å². The summed E-state index contributed by atoms with van der Waals surface area (Å²) in [5, 5.41) is 6.76. The van der Waals surface area contributed by atoms with Gasteiger partial charge in [-0.3, -0.25) is 9.48 Å². The zero-order valence-electron chi connectivity index (χ0n) is 14.6. The van der Waals surface area contributed by atoms with Gasteiger partial charge in [-0.15, -0.1) is 11.3 Å². The second kappa shape index (κ2) is 5.78. The molecule has 5 heteroatoms. The van der Waals surface area contributed by atoms with Crippen LogP contribution in [0.5, 0.6) is 0 Å². The SMILES string of the molecule is CC(C)c1cc(C(=O)N2CCc3sccc3C2)nn1C(C)(C)C. The number of carbonyl (C=O) groups is 1.